The van der Waals surface area contributed by atoms with E-state index < -0.39 is 0 Å². The Balaban J connectivity index is 2.21. The Hall–Kier alpha value is -1.19. The van der Waals surface area contributed by atoms with Gasteiger partial charge in [0.05, 0.1) is 6.61 Å². The Kier molecular flexibility index (Phi) is 5.74. The van der Waals surface area contributed by atoms with Crippen molar-refractivity contribution in [2.75, 3.05) is 18.1 Å². The fourth-order valence-corrected chi connectivity index (χ4v) is 2.87. The highest BCUT2D eigenvalue weighted by molar-refractivity contribution is 7.99. The molecule has 2 rings (SSSR count). The smallest absolute Gasteiger partial charge is 0.131 e. The predicted molar refractivity (Wildman–Crippen MR) is 89.7 cm³/mol. The quantitative estimate of drug-likeness (QED) is 0.768. The van der Waals surface area contributed by atoms with Gasteiger partial charge in [0.15, 0.2) is 0 Å². The van der Waals surface area contributed by atoms with E-state index in [2.05, 4.69) is 37.3 Å². The van der Waals surface area contributed by atoms with Gasteiger partial charge in [-0.05, 0) is 30.2 Å². The molecule has 0 aliphatic rings. The van der Waals surface area contributed by atoms with Gasteiger partial charge >= 0.3 is 0 Å². The predicted octanol–water partition coefficient (Wildman–Crippen LogP) is 4.38. The van der Waals surface area contributed by atoms with Crippen molar-refractivity contribution in [3.63, 3.8) is 0 Å². The molecule has 2 N–H and O–H groups in total. The fraction of sp³-hybridized carbons (Fsp3) is 0.412. The van der Waals surface area contributed by atoms with Crippen LogP contribution < -0.4 is 10.5 Å². The van der Waals surface area contributed by atoms with Gasteiger partial charge in [0.1, 0.15) is 5.75 Å². The molecule has 20 heavy (non-hydrogen) atoms. The summed E-state index contributed by atoms with van der Waals surface area (Å²) in [4.78, 5) is 0. The molecule has 0 amide bonds. The zero-order valence-electron chi connectivity index (χ0n) is 12.3. The van der Waals surface area contributed by atoms with Crippen molar-refractivity contribution in [2.24, 2.45) is 5.73 Å². The summed E-state index contributed by atoms with van der Waals surface area (Å²) in [5.41, 5.74) is 7.16. The highest BCUT2D eigenvalue weighted by atomic mass is 32.2. The van der Waals surface area contributed by atoms with E-state index in [1.165, 1.54) is 11.1 Å². The molecule has 108 valence electrons. The molecule has 0 aromatic heterocycles. The minimum Gasteiger partial charge on any atom is -0.493 e. The van der Waals surface area contributed by atoms with E-state index >= 15 is 0 Å². The molecule has 0 saturated heterocycles. The van der Waals surface area contributed by atoms with E-state index in [1.54, 1.807) is 0 Å². The summed E-state index contributed by atoms with van der Waals surface area (Å²) < 4.78 is 6.06. The van der Waals surface area contributed by atoms with Gasteiger partial charge < -0.3 is 10.5 Å². The highest BCUT2D eigenvalue weighted by Crippen LogP contribution is 2.33. The molecule has 0 bridgehead atoms. The van der Waals surface area contributed by atoms with Crippen molar-refractivity contribution in [1.82, 2.24) is 0 Å². The van der Waals surface area contributed by atoms with Gasteiger partial charge in [-0.25, -0.2) is 0 Å². The minimum absolute atomic E-state index is 0.0142. The molecule has 0 fully saturated rings. The molecule has 2 nitrogen and oxygen atoms in total. The fourth-order valence-electron chi connectivity index (χ4n) is 2.26. The van der Waals surface area contributed by atoms with Crippen LogP contribution in [0.15, 0.2) is 36.4 Å². The maximum atomic E-state index is 6.07. The summed E-state index contributed by atoms with van der Waals surface area (Å²) >= 11 is 1.95. The topological polar surface area (TPSA) is 35.2 Å². The number of nitrogens with two attached hydrogens (primary N) is 1. The van der Waals surface area contributed by atoms with Crippen LogP contribution in [0.1, 0.15) is 31.9 Å². The second-order valence-corrected chi connectivity index (χ2v) is 6.29. The monoisotopic (exact) mass is 289 g/mol. The molecular weight excluding hydrogens is 266 g/mol. The first-order valence-corrected chi connectivity index (χ1v) is 8.37. The van der Waals surface area contributed by atoms with Crippen LogP contribution in [0.4, 0.5) is 0 Å². The summed E-state index contributed by atoms with van der Waals surface area (Å²) in [7, 11) is 0. The van der Waals surface area contributed by atoms with Crippen LogP contribution in [0.5, 0.6) is 5.75 Å². The lowest BCUT2D eigenvalue weighted by molar-refractivity contribution is 0.318. The standard InChI is InChI=1S/C17H23NOS/c1-3-20-12-6-11-19-17-15(13(2)18)10-9-14-7-4-5-8-16(14)17/h4-5,7-10,13H,3,6,11-12,18H2,1-2H3/t13-/m1/s1. The van der Waals surface area contributed by atoms with E-state index in [0.717, 1.165) is 35.5 Å². The van der Waals surface area contributed by atoms with Gasteiger partial charge in [-0.1, -0.05) is 43.3 Å². The molecule has 0 aliphatic carbocycles. The number of benzene rings is 2. The van der Waals surface area contributed by atoms with Gasteiger partial charge in [-0.3, -0.25) is 0 Å². The number of ether oxygens (including phenoxy) is 1. The Morgan fingerprint density at radius 2 is 2.00 bits per heavy atom. The van der Waals surface area contributed by atoms with Crippen molar-refractivity contribution < 1.29 is 4.74 Å². The van der Waals surface area contributed by atoms with E-state index in [4.69, 9.17) is 10.5 Å². The van der Waals surface area contributed by atoms with Crippen LogP contribution in [-0.2, 0) is 0 Å². The third kappa shape index (κ3) is 3.68. The van der Waals surface area contributed by atoms with E-state index in [0.29, 0.717) is 0 Å². The number of hydrogen-bond donors (Lipinski definition) is 1. The van der Waals surface area contributed by atoms with Crippen LogP contribution in [-0.4, -0.2) is 18.1 Å². The summed E-state index contributed by atoms with van der Waals surface area (Å²) in [6, 6.07) is 12.5. The van der Waals surface area contributed by atoms with Gasteiger partial charge in [0.2, 0.25) is 0 Å². The van der Waals surface area contributed by atoms with Crippen molar-refractivity contribution in [1.29, 1.82) is 0 Å². The van der Waals surface area contributed by atoms with Crippen molar-refractivity contribution in [3.8, 4) is 5.75 Å². The Bertz CT molecular complexity index is 554. The maximum absolute atomic E-state index is 6.07. The van der Waals surface area contributed by atoms with Gasteiger partial charge in [-0.15, -0.1) is 0 Å². The zero-order chi connectivity index (χ0) is 14.4. The van der Waals surface area contributed by atoms with Gasteiger partial charge in [0, 0.05) is 17.0 Å². The van der Waals surface area contributed by atoms with Gasteiger partial charge in [-0.2, -0.15) is 11.8 Å². The largest absolute Gasteiger partial charge is 0.493 e. The minimum atomic E-state index is -0.0142. The molecule has 0 aliphatic heterocycles. The van der Waals surface area contributed by atoms with Crippen molar-refractivity contribution in [3.05, 3.63) is 42.0 Å². The first-order chi connectivity index (χ1) is 9.74. The average Bonchev–Trinajstić information content (AvgIpc) is 2.46. The molecular formula is C17H23NOS. The average molecular weight is 289 g/mol. The Morgan fingerprint density at radius 3 is 2.75 bits per heavy atom. The summed E-state index contributed by atoms with van der Waals surface area (Å²) in [5, 5.41) is 2.36. The molecule has 3 heteroatoms. The number of thioether (sulfide) groups is 1. The summed E-state index contributed by atoms with van der Waals surface area (Å²) in [6.45, 7) is 4.94. The highest BCUT2D eigenvalue weighted by Gasteiger charge is 2.11. The normalized spacial score (nSPS) is 12.6. The third-order valence-corrected chi connectivity index (χ3v) is 4.27. The summed E-state index contributed by atoms with van der Waals surface area (Å²) in [6.07, 6.45) is 1.07. The number of rotatable bonds is 7. The lowest BCUT2D eigenvalue weighted by Crippen LogP contribution is -2.09. The van der Waals surface area contributed by atoms with Crippen molar-refractivity contribution >= 4 is 22.5 Å². The molecule has 0 heterocycles. The zero-order valence-corrected chi connectivity index (χ0v) is 13.1. The van der Waals surface area contributed by atoms with Gasteiger partial charge in [0.25, 0.3) is 0 Å². The first-order valence-electron chi connectivity index (χ1n) is 7.21. The third-order valence-electron chi connectivity index (χ3n) is 3.28. The van der Waals surface area contributed by atoms with Crippen LogP contribution in [0, 0.1) is 0 Å². The van der Waals surface area contributed by atoms with Crippen LogP contribution in [0.25, 0.3) is 10.8 Å². The number of fused-ring (bicyclic) bond motifs is 1. The lowest BCUT2D eigenvalue weighted by atomic mass is 10.0. The van der Waals surface area contributed by atoms with Crippen molar-refractivity contribution in [2.45, 2.75) is 26.3 Å². The molecule has 0 radical (unpaired) electrons. The van der Waals surface area contributed by atoms with E-state index in [9.17, 15) is 0 Å². The molecule has 2 aromatic rings. The maximum Gasteiger partial charge on any atom is 0.131 e. The second-order valence-electron chi connectivity index (χ2n) is 4.89. The SMILES string of the molecule is CCSCCCOc1c([C@@H](C)N)ccc2ccccc12. The lowest BCUT2D eigenvalue weighted by Gasteiger charge is -2.16. The van der Waals surface area contributed by atoms with E-state index in [-0.39, 0.29) is 6.04 Å². The van der Waals surface area contributed by atoms with Crippen LogP contribution in [0.3, 0.4) is 0 Å². The molecule has 0 saturated carbocycles. The molecule has 0 spiro atoms. The van der Waals surface area contributed by atoms with Crippen LogP contribution >= 0.6 is 11.8 Å². The molecule has 1 atom stereocenters. The first kappa shape index (κ1) is 15.2. The second kappa shape index (κ2) is 7.55. The molecule has 2 aromatic carbocycles. The summed E-state index contributed by atoms with van der Waals surface area (Å²) in [5.74, 6) is 3.27. The Labute approximate surface area is 125 Å². The van der Waals surface area contributed by atoms with E-state index in [1.807, 2.05) is 24.8 Å². The molecule has 0 unspecified atom stereocenters. The Morgan fingerprint density at radius 1 is 1.20 bits per heavy atom. The number of hydrogen-bond acceptors (Lipinski definition) is 3. The van der Waals surface area contributed by atoms with Crippen LogP contribution in [0.2, 0.25) is 0 Å².